The molecule has 72 valence electrons. The van der Waals surface area contributed by atoms with Gasteiger partial charge in [-0.2, -0.15) is 0 Å². The third-order valence-corrected chi connectivity index (χ3v) is 2.25. The molecule has 0 aliphatic heterocycles. The fourth-order valence-corrected chi connectivity index (χ4v) is 1.47. The zero-order valence-corrected chi connectivity index (χ0v) is 8.29. The van der Waals surface area contributed by atoms with Gasteiger partial charge in [0.2, 0.25) is 5.43 Å². The van der Waals surface area contributed by atoms with E-state index in [1.165, 1.54) is 0 Å². The summed E-state index contributed by atoms with van der Waals surface area (Å²) < 4.78 is 0. The molecule has 0 radical (unpaired) electrons. The largest absolute Gasteiger partial charge is 0.357 e. The van der Waals surface area contributed by atoms with Crippen molar-refractivity contribution in [2.24, 2.45) is 0 Å². The van der Waals surface area contributed by atoms with Crippen LogP contribution in [-0.4, -0.2) is 9.97 Å². The van der Waals surface area contributed by atoms with Gasteiger partial charge in [0.05, 0.1) is 5.52 Å². The van der Waals surface area contributed by atoms with Crippen LogP contribution in [-0.2, 0) is 6.42 Å². The van der Waals surface area contributed by atoms with E-state index in [1.807, 2.05) is 26.0 Å². The topological polar surface area (TPSA) is 45.8 Å². The Labute approximate surface area is 81.8 Å². The molecule has 0 amide bonds. The molecule has 0 saturated carbocycles. The van der Waals surface area contributed by atoms with Gasteiger partial charge < -0.3 is 4.98 Å². The van der Waals surface area contributed by atoms with E-state index in [9.17, 15) is 4.79 Å². The molecular weight excluding hydrogens is 176 g/mol. The molecular formula is C11H12N2O. The van der Waals surface area contributed by atoms with E-state index in [1.54, 1.807) is 6.07 Å². The van der Waals surface area contributed by atoms with E-state index in [4.69, 9.17) is 0 Å². The van der Waals surface area contributed by atoms with Crippen molar-refractivity contribution in [3.8, 4) is 0 Å². The number of pyridine rings is 2. The number of fused-ring (bicyclic) bond motifs is 1. The molecule has 0 aliphatic carbocycles. The molecule has 0 aliphatic rings. The molecule has 2 heterocycles. The van der Waals surface area contributed by atoms with Crippen LogP contribution in [0.5, 0.6) is 0 Å². The fourth-order valence-electron chi connectivity index (χ4n) is 1.47. The van der Waals surface area contributed by atoms with E-state index in [0.717, 1.165) is 23.3 Å². The average molecular weight is 188 g/mol. The Bertz CT molecular complexity index is 528. The van der Waals surface area contributed by atoms with Crippen LogP contribution in [0.25, 0.3) is 11.0 Å². The summed E-state index contributed by atoms with van der Waals surface area (Å²) in [7, 11) is 0. The predicted molar refractivity (Wildman–Crippen MR) is 56.5 cm³/mol. The molecule has 14 heavy (non-hydrogen) atoms. The summed E-state index contributed by atoms with van der Waals surface area (Å²) in [4.78, 5) is 19.0. The van der Waals surface area contributed by atoms with Gasteiger partial charge in [0, 0.05) is 17.5 Å². The molecule has 2 rings (SSSR count). The molecule has 2 aromatic rings. The molecule has 1 N–H and O–H groups in total. The minimum absolute atomic E-state index is 0.000648. The Morgan fingerprint density at radius 1 is 1.43 bits per heavy atom. The third kappa shape index (κ3) is 1.41. The Morgan fingerprint density at radius 3 is 2.93 bits per heavy atom. The smallest absolute Gasteiger partial charge is 0.208 e. The third-order valence-electron chi connectivity index (χ3n) is 2.25. The highest BCUT2D eigenvalue weighted by Gasteiger charge is 2.01. The average Bonchev–Trinajstić information content (AvgIpc) is 2.19. The van der Waals surface area contributed by atoms with Crippen LogP contribution in [0.15, 0.2) is 23.0 Å². The van der Waals surface area contributed by atoms with Crippen molar-refractivity contribution in [3.05, 3.63) is 39.8 Å². The number of H-pyrrole nitrogens is 1. The van der Waals surface area contributed by atoms with Gasteiger partial charge in [0.15, 0.2) is 0 Å². The monoisotopic (exact) mass is 188 g/mol. The highest BCUT2D eigenvalue weighted by molar-refractivity contribution is 5.74. The summed E-state index contributed by atoms with van der Waals surface area (Å²) in [5, 5.41) is 0. The van der Waals surface area contributed by atoms with Gasteiger partial charge in [0.1, 0.15) is 5.52 Å². The Balaban J connectivity index is 2.83. The number of aromatic nitrogens is 2. The van der Waals surface area contributed by atoms with Gasteiger partial charge in [-0.15, -0.1) is 0 Å². The number of nitrogens with one attached hydrogen (secondary N) is 1. The number of rotatable bonds is 1. The lowest BCUT2D eigenvalue weighted by molar-refractivity contribution is 1.05. The van der Waals surface area contributed by atoms with E-state index in [-0.39, 0.29) is 5.43 Å². The van der Waals surface area contributed by atoms with Crippen LogP contribution in [0, 0.1) is 6.92 Å². The van der Waals surface area contributed by atoms with E-state index < -0.39 is 0 Å². The normalized spacial score (nSPS) is 10.7. The summed E-state index contributed by atoms with van der Waals surface area (Å²) >= 11 is 0. The molecule has 0 aromatic carbocycles. The second kappa shape index (κ2) is 3.25. The number of hydrogen-bond acceptors (Lipinski definition) is 2. The molecule has 0 spiro atoms. The summed E-state index contributed by atoms with van der Waals surface area (Å²) in [6.07, 6.45) is 0.832. The van der Waals surface area contributed by atoms with Crippen molar-refractivity contribution < 1.29 is 0 Å². The SMILES string of the molecule is CCc1cc(=O)c2nc(C)ccc2[nH]1. The lowest BCUT2D eigenvalue weighted by Crippen LogP contribution is -2.06. The van der Waals surface area contributed by atoms with Crippen molar-refractivity contribution in [1.82, 2.24) is 9.97 Å². The fraction of sp³-hybridized carbons (Fsp3) is 0.273. The summed E-state index contributed by atoms with van der Waals surface area (Å²) in [5.74, 6) is 0. The Morgan fingerprint density at radius 2 is 2.21 bits per heavy atom. The number of aryl methyl sites for hydroxylation is 2. The van der Waals surface area contributed by atoms with Crippen molar-refractivity contribution in [3.63, 3.8) is 0 Å². The number of nitrogens with zero attached hydrogens (tertiary/aromatic N) is 1. The maximum Gasteiger partial charge on any atom is 0.208 e. The summed E-state index contributed by atoms with van der Waals surface area (Å²) in [6, 6.07) is 5.42. The lowest BCUT2D eigenvalue weighted by Gasteiger charge is -2.01. The zero-order chi connectivity index (χ0) is 10.1. The van der Waals surface area contributed by atoms with Crippen molar-refractivity contribution >= 4 is 11.0 Å². The first-order valence-corrected chi connectivity index (χ1v) is 4.70. The van der Waals surface area contributed by atoms with Crippen LogP contribution in [0.2, 0.25) is 0 Å². The molecule has 3 heteroatoms. The Kier molecular flexibility index (Phi) is 2.08. The molecule has 0 saturated heterocycles. The maximum absolute atomic E-state index is 11.6. The van der Waals surface area contributed by atoms with E-state index >= 15 is 0 Å². The van der Waals surface area contributed by atoms with E-state index in [0.29, 0.717) is 5.52 Å². The second-order valence-corrected chi connectivity index (χ2v) is 3.36. The number of hydrogen-bond donors (Lipinski definition) is 1. The van der Waals surface area contributed by atoms with Crippen LogP contribution >= 0.6 is 0 Å². The first kappa shape index (κ1) is 8.94. The predicted octanol–water partition coefficient (Wildman–Crippen LogP) is 1.79. The van der Waals surface area contributed by atoms with Crippen LogP contribution < -0.4 is 5.43 Å². The first-order chi connectivity index (χ1) is 6.70. The van der Waals surface area contributed by atoms with Crippen molar-refractivity contribution in [2.45, 2.75) is 20.3 Å². The lowest BCUT2D eigenvalue weighted by atomic mass is 10.2. The van der Waals surface area contributed by atoms with E-state index in [2.05, 4.69) is 9.97 Å². The Hall–Kier alpha value is -1.64. The molecule has 0 bridgehead atoms. The van der Waals surface area contributed by atoms with Crippen LogP contribution in [0.1, 0.15) is 18.3 Å². The van der Waals surface area contributed by atoms with Gasteiger partial charge in [-0.25, -0.2) is 4.98 Å². The quantitative estimate of drug-likeness (QED) is 0.741. The second-order valence-electron chi connectivity index (χ2n) is 3.36. The minimum atomic E-state index is -0.000648. The van der Waals surface area contributed by atoms with Gasteiger partial charge in [0.25, 0.3) is 0 Å². The standard InChI is InChI=1S/C11H12N2O/c1-3-8-6-10(14)11-9(13-8)5-4-7(2)12-11/h4-6H,3H2,1-2H3,(H,13,14). The molecule has 2 aromatic heterocycles. The molecule has 0 unspecified atom stereocenters. The van der Waals surface area contributed by atoms with Gasteiger partial charge in [-0.3, -0.25) is 4.79 Å². The van der Waals surface area contributed by atoms with Crippen molar-refractivity contribution in [2.75, 3.05) is 0 Å². The van der Waals surface area contributed by atoms with Crippen molar-refractivity contribution in [1.29, 1.82) is 0 Å². The summed E-state index contributed by atoms with van der Waals surface area (Å²) in [6.45, 7) is 3.89. The molecule has 0 atom stereocenters. The van der Waals surface area contributed by atoms with Crippen LogP contribution in [0.3, 0.4) is 0 Å². The highest BCUT2D eigenvalue weighted by atomic mass is 16.1. The number of aromatic amines is 1. The highest BCUT2D eigenvalue weighted by Crippen LogP contribution is 2.06. The van der Waals surface area contributed by atoms with Gasteiger partial charge >= 0.3 is 0 Å². The minimum Gasteiger partial charge on any atom is -0.357 e. The van der Waals surface area contributed by atoms with Gasteiger partial charge in [-0.1, -0.05) is 6.92 Å². The van der Waals surface area contributed by atoms with Gasteiger partial charge in [-0.05, 0) is 25.5 Å². The zero-order valence-electron chi connectivity index (χ0n) is 8.29. The molecule has 3 nitrogen and oxygen atoms in total. The first-order valence-electron chi connectivity index (χ1n) is 4.70. The van der Waals surface area contributed by atoms with Crippen LogP contribution in [0.4, 0.5) is 0 Å². The maximum atomic E-state index is 11.6. The molecule has 0 fully saturated rings. The summed E-state index contributed by atoms with van der Waals surface area (Å²) in [5.41, 5.74) is 3.17.